The van der Waals surface area contributed by atoms with E-state index in [4.69, 9.17) is 10.5 Å². The van der Waals surface area contributed by atoms with Crippen LogP contribution in [0.4, 0.5) is 10.5 Å². The molecule has 0 saturated heterocycles. The molecule has 0 heterocycles. The minimum absolute atomic E-state index is 0.247. The zero-order valence-electron chi connectivity index (χ0n) is 22.8. The second-order valence-electron chi connectivity index (χ2n) is 10.2. The fraction of sp³-hybridized carbons (Fsp3) is 0.429. The van der Waals surface area contributed by atoms with Gasteiger partial charge in [-0.1, -0.05) is 42.0 Å². The van der Waals surface area contributed by atoms with Crippen molar-refractivity contribution >= 4 is 29.5 Å². The van der Waals surface area contributed by atoms with Crippen LogP contribution in [0.15, 0.2) is 42.5 Å². The molecule has 0 bridgehead atoms. The van der Waals surface area contributed by atoms with Crippen molar-refractivity contribution < 1.29 is 29.0 Å². The van der Waals surface area contributed by atoms with Crippen molar-refractivity contribution in [3.05, 3.63) is 64.7 Å². The molecule has 0 fully saturated rings. The Labute approximate surface area is 223 Å². The van der Waals surface area contributed by atoms with E-state index in [0.29, 0.717) is 11.3 Å². The third-order valence-electron chi connectivity index (χ3n) is 5.71. The van der Waals surface area contributed by atoms with Crippen LogP contribution in [0.25, 0.3) is 0 Å². The molecule has 0 spiro atoms. The number of rotatable bonds is 10. The number of carbonyl (C=O) groups excluding carboxylic acids is 4. The number of amides is 4. The standard InChI is InChI=1S/C28H38N4O6/c1-17-11-12-18(2)20(15-17)24(25(35)30-21-10-8-7-9-19(21)3)32(13-14-33)26(36)22(16-23(29)34)31-27(37)38-28(4,5)6/h7-12,15,22,24,33H,13-14,16H2,1-6H3,(H2,29,34)(H,30,35)(H,31,37). The predicted molar refractivity (Wildman–Crippen MR) is 144 cm³/mol. The quantitative estimate of drug-likeness (QED) is 0.374. The second-order valence-corrected chi connectivity index (χ2v) is 10.2. The Hall–Kier alpha value is -3.92. The summed E-state index contributed by atoms with van der Waals surface area (Å²) in [5.74, 6) is -2.13. The molecule has 5 N–H and O–H groups in total. The summed E-state index contributed by atoms with van der Waals surface area (Å²) < 4.78 is 5.26. The fourth-order valence-electron chi connectivity index (χ4n) is 3.94. The van der Waals surface area contributed by atoms with Gasteiger partial charge < -0.3 is 31.1 Å². The van der Waals surface area contributed by atoms with E-state index in [9.17, 15) is 24.3 Å². The maximum absolute atomic E-state index is 13.9. The number of aliphatic hydroxyl groups is 1. The number of aliphatic hydroxyl groups excluding tert-OH is 1. The topological polar surface area (TPSA) is 151 Å². The van der Waals surface area contributed by atoms with Crippen LogP contribution in [0.1, 0.15) is 55.5 Å². The number of hydrogen-bond donors (Lipinski definition) is 4. The molecule has 10 nitrogen and oxygen atoms in total. The first-order valence-electron chi connectivity index (χ1n) is 12.4. The molecule has 0 aliphatic carbocycles. The number of carbonyl (C=O) groups is 4. The van der Waals surface area contributed by atoms with Gasteiger partial charge in [-0.2, -0.15) is 0 Å². The number of nitrogens with two attached hydrogens (primary N) is 1. The van der Waals surface area contributed by atoms with Crippen molar-refractivity contribution in [1.29, 1.82) is 0 Å². The predicted octanol–water partition coefficient (Wildman–Crippen LogP) is 2.88. The number of ether oxygens (including phenoxy) is 1. The number of hydrogen-bond acceptors (Lipinski definition) is 6. The molecule has 2 rings (SSSR count). The van der Waals surface area contributed by atoms with Crippen LogP contribution in [-0.4, -0.2) is 58.6 Å². The molecular formula is C28H38N4O6. The van der Waals surface area contributed by atoms with Crippen LogP contribution in [0.3, 0.4) is 0 Å². The second kappa shape index (κ2) is 13.0. The molecule has 2 atom stereocenters. The Kier molecular flexibility index (Phi) is 10.4. The third-order valence-corrected chi connectivity index (χ3v) is 5.71. The first-order chi connectivity index (χ1) is 17.7. The average molecular weight is 527 g/mol. The molecular weight excluding hydrogens is 488 g/mol. The van der Waals surface area contributed by atoms with Crippen molar-refractivity contribution in [2.24, 2.45) is 5.73 Å². The Morgan fingerprint density at radius 1 is 1.03 bits per heavy atom. The third kappa shape index (κ3) is 8.58. The van der Waals surface area contributed by atoms with Crippen LogP contribution in [0, 0.1) is 20.8 Å². The number of nitrogens with zero attached hydrogens (tertiary/aromatic N) is 1. The lowest BCUT2D eigenvalue weighted by molar-refractivity contribution is -0.142. The lowest BCUT2D eigenvalue weighted by atomic mass is 9.95. The molecule has 2 aromatic carbocycles. The largest absolute Gasteiger partial charge is 0.444 e. The monoisotopic (exact) mass is 526 g/mol. The molecule has 0 aliphatic rings. The highest BCUT2D eigenvalue weighted by Gasteiger charge is 2.37. The normalized spacial score (nSPS) is 12.7. The molecule has 2 aromatic rings. The molecule has 0 radical (unpaired) electrons. The molecule has 0 saturated carbocycles. The van der Waals surface area contributed by atoms with Crippen LogP contribution in [0.5, 0.6) is 0 Å². The molecule has 38 heavy (non-hydrogen) atoms. The van der Waals surface area contributed by atoms with E-state index in [2.05, 4.69) is 10.6 Å². The number of benzene rings is 2. The Bertz CT molecular complexity index is 1170. The van der Waals surface area contributed by atoms with Gasteiger partial charge in [0.05, 0.1) is 13.0 Å². The van der Waals surface area contributed by atoms with Crippen molar-refractivity contribution in [2.45, 2.75) is 65.6 Å². The van der Waals surface area contributed by atoms with Gasteiger partial charge in [0.2, 0.25) is 11.8 Å². The summed E-state index contributed by atoms with van der Waals surface area (Å²) in [6, 6.07) is 10.1. The lowest BCUT2D eigenvalue weighted by Gasteiger charge is -2.34. The molecule has 4 amide bonds. The Balaban J connectivity index is 2.57. The highest BCUT2D eigenvalue weighted by atomic mass is 16.6. The summed E-state index contributed by atoms with van der Waals surface area (Å²) in [7, 11) is 0. The summed E-state index contributed by atoms with van der Waals surface area (Å²) in [6.45, 7) is 9.75. The van der Waals surface area contributed by atoms with Gasteiger partial charge in [0.15, 0.2) is 0 Å². The zero-order chi connectivity index (χ0) is 28.6. The van der Waals surface area contributed by atoms with Crippen LogP contribution < -0.4 is 16.4 Å². The minimum atomic E-state index is -1.42. The highest BCUT2D eigenvalue weighted by molar-refractivity contribution is 6.00. The lowest BCUT2D eigenvalue weighted by Crippen LogP contribution is -2.54. The van der Waals surface area contributed by atoms with Crippen LogP contribution in [-0.2, 0) is 19.1 Å². The summed E-state index contributed by atoms with van der Waals surface area (Å²) >= 11 is 0. The van der Waals surface area contributed by atoms with E-state index in [1.165, 1.54) is 0 Å². The van der Waals surface area contributed by atoms with E-state index in [-0.39, 0.29) is 6.54 Å². The summed E-state index contributed by atoms with van der Waals surface area (Å²) in [6.07, 6.45) is -1.45. The summed E-state index contributed by atoms with van der Waals surface area (Å²) in [5.41, 5.74) is 8.04. The van der Waals surface area contributed by atoms with E-state index >= 15 is 0 Å². The van der Waals surface area contributed by atoms with Crippen molar-refractivity contribution in [3.8, 4) is 0 Å². The van der Waals surface area contributed by atoms with Crippen molar-refractivity contribution in [2.75, 3.05) is 18.5 Å². The van der Waals surface area contributed by atoms with Gasteiger partial charge >= 0.3 is 6.09 Å². The van der Waals surface area contributed by atoms with E-state index in [0.717, 1.165) is 21.6 Å². The van der Waals surface area contributed by atoms with Crippen LogP contribution >= 0.6 is 0 Å². The molecule has 0 aromatic heterocycles. The number of nitrogens with one attached hydrogen (secondary N) is 2. The first kappa shape index (κ1) is 30.3. The molecule has 2 unspecified atom stereocenters. The summed E-state index contributed by atoms with van der Waals surface area (Å²) in [5, 5.41) is 15.2. The molecule has 0 aliphatic heterocycles. The zero-order valence-corrected chi connectivity index (χ0v) is 22.8. The number of primary amides is 1. The highest BCUT2D eigenvalue weighted by Crippen LogP contribution is 2.28. The van der Waals surface area contributed by atoms with E-state index in [1.54, 1.807) is 39.0 Å². The Morgan fingerprint density at radius 2 is 1.68 bits per heavy atom. The fourth-order valence-corrected chi connectivity index (χ4v) is 3.94. The van der Waals surface area contributed by atoms with Gasteiger partial charge in [0, 0.05) is 12.2 Å². The first-order valence-corrected chi connectivity index (χ1v) is 12.4. The number of alkyl carbamates (subject to hydrolysis) is 1. The van der Waals surface area contributed by atoms with Gasteiger partial charge in [-0.15, -0.1) is 0 Å². The smallest absolute Gasteiger partial charge is 0.408 e. The maximum atomic E-state index is 13.9. The van der Waals surface area contributed by atoms with Gasteiger partial charge in [-0.3, -0.25) is 14.4 Å². The van der Waals surface area contributed by atoms with Gasteiger partial charge in [-0.05, 0) is 64.3 Å². The SMILES string of the molecule is Cc1ccc(C)c(C(C(=O)Nc2ccccc2C)N(CCO)C(=O)C(CC(N)=O)NC(=O)OC(C)(C)C)c1. The van der Waals surface area contributed by atoms with E-state index in [1.807, 2.05) is 45.0 Å². The van der Waals surface area contributed by atoms with E-state index < -0.39 is 54.5 Å². The maximum Gasteiger partial charge on any atom is 0.408 e. The van der Waals surface area contributed by atoms with Gasteiger partial charge in [-0.25, -0.2) is 4.79 Å². The van der Waals surface area contributed by atoms with Crippen molar-refractivity contribution in [1.82, 2.24) is 10.2 Å². The van der Waals surface area contributed by atoms with Crippen molar-refractivity contribution in [3.63, 3.8) is 0 Å². The number of anilines is 1. The van der Waals surface area contributed by atoms with Gasteiger partial charge in [0.1, 0.15) is 17.7 Å². The average Bonchev–Trinajstić information content (AvgIpc) is 2.80. The summed E-state index contributed by atoms with van der Waals surface area (Å²) in [4.78, 5) is 53.2. The Morgan fingerprint density at radius 3 is 2.26 bits per heavy atom. The number of para-hydroxylation sites is 1. The van der Waals surface area contributed by atoms with Gasteiger partial charge in [0.25, 0.3) is 5.91 Å². The number of aryl methyl sites for hydroxylation is 3. The molecule has 10 heteroatoms. The minimum Gasteiger partial charge on any atom is -0.444 e. The van der Waals surface area contributed by atoms with Crippen LogP contribution in [0.2, 0.25) is 0 Å². The molecule has 206 valence electrons.